The van der Waals surface area contributed by atoms with Gasteiger partial charge in [0, 0.05) is 6.04 Å². The molecule has 2 atom stereocenters. The number of benzene rings is 1. The van der Waals surface area contributed by atoms with Gasteiger partial charge in [-0.25, -0.2) is 0 Å². The minimum Gasteiger partial charge on any atom is -0.418 e. The van der Waals surface area contributed by atoms with Crippen LogP contribution in [0.4, 0.5) is 0 Å². The van der Waals surface area contributed by atoms with Crippen molar-refractivity contribution in [3.8, 4) is 10.8 Å². The van der Waals surface area contributed by atoms with Crippen LogP contribution in [-0.2, 0) is 0 Å². The first-order chi connectivity index (χ1) is 12.5. The number of hydrogen-bond acceptors (Lipinski definition) is 5. The average molecular weight is 370 g/mol. The van der Waals surface area contributed by atoms with E-state index in [1.165, 1.54) is 11.1 Å². The highest BCUT2D eigenvalue weighted by Crippen LogP contribution is 2.29. The third kappa shape index (κ3) is 4.22. The molecule has 1 aromatic carbocycles. The lowest BCUT2D eigenvalue weighted by Crippen LogP contribution is -2.28. The SMILES string of the molecule is CC(C)c1ccc([C@@H](N[C@@H](C)c2nnc(-c3cccs3)o2)C(C)C)cc1. The quantitative estimate of drug-likeness (QED) is 0.557. The first-order valence-corrected chi connectivity index (χ1v) is 10.1. The number of nitrogens with zero attached hydrogens (tertiary/aromatic N) is 2. The Hall–Kier alpha value is -1.98. The Bertz CT molecular complexity index is 806. The van der Waals surface area contributed by atoms with Gasteiger partial charge in [0.05, 0.1) is 10.9 Å². The number of rotatable bonds is 7. The maximum absolute atomic E-state index is 5.88. The summed E-state index contributed by atoms with van der Waals surface area (Å²) in [6.45, 7) is 11.0. The molecule has 0 aliphatic heterocycles. The van der Waals surface area contributed by atoms with E-state index in [4.69, 9.17) is 4.42 Å². The molecule has 0 spiro atoms. The van der Waals surface area contributed by atoms with Gasteiger partial charge in [-0.1, -0.05) is 58.0 Å². The first-order valence-electron chi connectivity index (χ1n) is 9.19. The van der Waals surface area contributed by atoms with Crippen LogP contribution in [-0.4, -0.2) is 10.2 Å². The Kier molecular flexibility index (Phi) is 5.89. The largest absolute Gasteiger partial charge is 0.418 e. The van der Waals surface area contributed by atoms with Crippen molar-refractivity contribution in [3.63, 3.8) is 0 Å². The molecule has 1 N–H and O–H groups in total. The van der Waals surface area contributed by atoms with E-state index in [0.29, 0.717) is 23.6 Å². The average Bonchev–Trinajstić information content (AvgIpc) is 3.30. The zero-order valence-corrected chi connectivity index (χ0v) is 16.9. The summed E-state index contributed by atoms with van der Waals surface area (Å²) in [7, 11) is 0. The van der Waals surface area contributed by atoms with Gasteiger partial charge in [0.15, 0.2) is 0 Å². The molecular formula is C21H27N3OS. The van der Waals surface area contributed by atoms with E-state index in [2.05, 4.69) is 74.4 Å². The van der Waals surface area contributed by atoms with Gasteiger partial charge in [0.1, 0.15) is 0 Å². The summed E-state index contributed by atoms with van der Waals surface area (Å²) in [5, 5.41) is 14.1. The second-order valence-corrected chi connectivity index (χ2v) is 8.30. The van der Waals surface area contributed by atoms with Gasteiger partial charge < -0.3 is 4.42 Å². The highest BCUT2D eigenvalue weighted by molar-refractivity contribution is 7.13. The van der Waals surface area contributed by atoms with Crippen molar-refractivity contribution in [1.29, 1.82) is 0 Å². The van der Waals surface area contributed by atoms with Crippen LogP contribution in [0.2, 0.25) is 0 Å². The van der Waals surface area contributed by atoms with E-state index in [1.807, 2.05) is 17.5 Å². The molecule has 2 heterocycles. The molecule has 0 amide bonds. The molecule has 0 aliphatic rings. The third-order valence-corrected chi connectivity index (χ3v) is 5.46. The van der Waals surface area contributed by atoms with E-state index >= 15 is 0 Å². The lowest BCUT2D eigenvalue weighted by molar-refractivity contribution is 0.335. The summed E-state index contributed by atoms with van der Waals surface area (Å²) in [5.74, 6) is 2.20. The zero-order valence-electron chi connectivity index (χ0n) is 16.1. The molecule has 3 aromatic rings. The summed E-state index contributed by atoms with van der Waals surface area (Å²) < 4.78 is 5.88. The normalized spacial score (nSPS) is 14.1. The highest BCUT2D eigenvalue weighted by atomic mass is 32.1. The highest BCUT2D eigenvalue weighted by Gasteiger charge is 2.22. The second kappa shape index (κ2) is 8.14. The Morgan fingerprint density at radius 2 is 1.62 bits per heavy atom. The van der Waals surface area contributed by atoms with Gasteiger partial charge in [0.25, 0.3) is 5.89 Å². The maximum Gasteiger partial charge on any atom is 0.257 e. The van der Waals surface area contributed by atoms with Crippen LogP contribution >= 0.6 is 11.3 Å². The van der Waals surface area contributed by atoms with Crippen molar-refractivity contribution in [1.82, 2.24) is 15.5 Å². The Morgan fingerprint density at radius 3 is 2.19 bits per heavy atom. The smallest absolute Gasteiger partial charge is 0.257 e. The van der Waals surface area contributed by atoms with Crippen LogP contribution in [0.25, 0.3) is 10.8 Å². The van der Waals surface area contributed by atoms with Gasteiger partial charge >= 0.3 is 0 Å². The fourth-order valence-corrected chi connectivity index (χ4v) is 3.66. The minimum atomic E-state index is -0.0200. The molecule has 26 heavy (non-hydrogen) atoms. The van der Waals surface area contributed by atoms with Crippen molar-refractivity contribution in [3.05, 3.63) is 58.8 Å². The first kappa shape index (κ1) is 18.8. The molecule has 0 radical (unpaired) electrons. The summed E-state index contributed by atoms with van der Waals surface area (Å²) in [4.78, 5) is 1.00. The minimum absolute atomic E-state index is 0.0200. The number of aromatic nitrogens is 2. The third-order valence-electron chi connectivity index (χ3n) is 4.60. The van der Waals surface area contributed by atoms with Crippen molar-refractivity contribution in [2.24, 2.45) is 5.92 Å². The van der Waals surface area contributed by atoms with E-state index in [0.717, 1.165) is 4.88 Å². The zero-order chi connectivity index (χ0) is 18.7. The molecule has 0 bridgehead atoms. The second-order valence-electron chi connectivity index (χ2n) is 7.35. The van der Waals surface area contributed by atoms with E-state index < -0.39 is 0 Å². The molecule has 0 fully saturated rings. The Morgan fingerprint density at radius 1 is 0.923 bits per heavy atom. The lowest BCUT2D eigenvalue weighted by atomic mass is 9.93. The molecule has 3 rings (SSSR count). The topological polar surface area (TPSA) is 51.0 Å². The number of nitrogens with one attached hydrogen (secondary N) is 1. The maximum atomic E-state index is 5.88. The Labute approximate surface area is 159 Å². The standard InChI is InChI=1S/C21H27N3OS/c1-13(2)16-8-10-17(11-9-16)19(14(3)4)22-15(5)20-23-24-21(25-20)18-7-6-12-26-18/h6-15,19,22H,1-5H3/t15-,19-/m0/s1. The summed E-state index contributed by atoms with van der Waals surface area (Å²) in [6, 6.07) is 13.1. The summed E-state index contributed by atoms with van der Waals surface area (Å²) in [5.41, 5.74) is 2.65. The molecular weight excluding hydrogens is 342 g/mol. The molecule has 0 aliphatic carbocycles. The Balaban J connectivity index is 1.75. The molecule has 0 saturated heterocycles. The fraction of sp³-hybridized carbons (Fsp3) is 0.429. The van der Waals surface area contributed by atoms with Crippen LogP contribution in [0, 0.1) is 5.92 Å². The van der Waals surface area contributed by atoms with Gasteiger partial charge in [-0.3, -0.25) is 5.32 Å². The monoisotopic (exact) mass is 369 g/mol. The van der Waals surface area contributed by atoms with Gasteiger partial charge in [0.2, 0.25) is 5.89 Å². The molecule has 4 nitrogen and oxygen atoms in total. The van der Waals surface area contributed by atoms with Gasteiger partial charge in [-0.05, 0) is 41.3 Å². The lowest BCUT2D eigenvalue weighted by Gasteiger charge is -2.26. The van der Waals surface area contributed by atoms with E-state index in [9.17, 15) is 0 Å². The molecule has 0 unspecified atom stereocenters. The summed E-state index contributed by atoms with van der Waals surface area (Å²) >= 11 is 1.60. The van der Waals surface area contributed by atoms with Crippen LogP contribution in [0.15, 0.2) is 46.2 Å². The van der Waals surface area contributed by atoms with E-state index in [-0.39, 0.29) is 12.1 Å². The van der Waals surface area contributed by atoms with Crippen LogP contribution in [0.5, 0.6) is 0 Å². The number of hydrogen-bond donors (Lipinski definition) is 1. The predicted octanol–water partition coefficient (Wildman–Crippen LogP) is 5.97. The van der Waals surface area contributed by atoms with Gasteiger partial charge in [-0.15, -0.1) is 21.5 Å². The van der Waals surface area contributed by atoms with Crippen LogP contribution < -0.4 is 5.32 Å². The summed E-state index contributed by atoms with van der Waals surface area (Å²) in [6.07, 6.45) is 0. The molecule has 138 valence electrons. The van der Waals surface area contributed by atoms with Crippen molar-refractivity contribution < 1.29 is 4.42 Å². The fourth-order valence-electron chi connectivity index (χ4n) is 3.01. The van der Waals surface area contributed by atoms with Crippen molar-refractivity contribution in [2.45, 2.75) is 52.6 Å². The van der Waals surface area contributed by atoms with Gasteiger partial charge in [-0.2, -0.15) is 0 Å². The predicted molar refractivity (Wildman–Crippen MR) is 107 cm³/mol. The van der Waals surface area contributed by atoms with Crippen molar-refractivity contribution in [2.75, 3.05) is 0 Å². The number of thiophene rings is 1. The molecule has 0 saturated carbocycles. The van der Waals surface area contributed by atoms with E-state index in [1.54, 1.807) is 11.3 Å². The molecule has 2 aromatic heterocycles. The van der Waals surface area contributed by atoms with Crippen molar-refractivity contribution >= 4 is 11.3 Å². The molecule has 5 heteroatoms. The van der Waals surface area contributed by atoms with Crippen LogP contribution in [0.1, 0.15) is 69.6 Å². The van der Waals surface area contributed by atoms with Crippen LogP contribution in [0.3, 0.4) is 0 Å².